The Bertz CT molecular complexity index is 3710. The second-order valence-electron chi connectivity index (χ2n) is 19.0. The van der Waals surface area contributed by atoms with E-state index in [4.69, 9.17) is 0 Å². The normalized spacial score (nSPS) is 11.1. The number of hydrogen-bond acceptors (Lipinski definition) is 5. The first-order valence-corrected chi connectivity index (χ1v) is 26.9. The van der Waals surface area contributed by atoms with Crippen LogP contribution in [0.1, 0.15) is 0 Å². The molecule has 1 aromatic heterocycles. The van der Waals surface area contributed by atoms with E-state index in [0.717, 1.165) is 68.2 Å². The van der Waals surface area contributed by atoms with Gasteiger partial charge in [0.25, 0.3) is 0 Å². The minimum Gasteiger partial charge on any atom is -0.311 e. The fourth-order valence-corrected chi connectivity index (χ4v) is 11.6. The second-order valence-corrected chi connectivity index (χ2v) is 20.1. The molecule has 4 nitrogen and oxygen atoms in total. The van der Waals surface area contributed by atoms with Crippen LogP contribution in [0, 0.1) is 0 Å². The monoisotopic (exact) mass is 1000 g/mol. The van der Waals surface area contributed by atoms with E-state index in [1.54, 1.807) is 0 Å². The van der Waals surface area contributed by atoms with Crippen LogP contribution in [0.2, 0.25) is 0 Å². The third-order valence-corrected chi connectivity index (χ3v) is 15.4. The fourth-order valence-electron chi connectivity index (χ4n) is 10.6. The van der Waals surface area contributed by atoms with Crippen molar-refractivity contribution in [3.05, 3.63) is 315 Å². The molecule has 0 atom stereocenters. The lowest BCUT2D eigenvalue weighted by Crippen LogP contribution is -2.12. The zero-order valence-corrected chi connectivity index (χ0v) is 43.0. The molecule has 0 aliphatic heterocycles. The summed E-state index contributed by atoms with van der Waals surface area (Å²) in [6.07, 6.45) is 0. The van der Waals surface area contributed by atoms with Crippen LogP contribution in [-0.2, 0) is 0 Å². The summed E-state index contributed by atoms with van der Waals surface area (Å²) in [5.74, 6) is 0. The lowest BCUT2D eigenvalue weighted by atomic mass is 10.1. The molecule has 0 aliphatic carbocycles. The average molecular weight is 1010 g/mol. The van der Waals surface area contributed by atoms with Crippen LogP contribution in [0.4, 0.5) is 68.2 Å². The molecule has 0 aliphatic rings. The quantitative estimate of drug-likeness (QED) is 0.108. The number of fused-ring (bicyclic) bond motifs is 2. The van der Waals surface area contributed by atoms with E-state index < -0.39 is 0 Å². The van der Waals surface area contributed by atoms with Gasteiger partial charge in [0, 0.05) is 77.4 Å². The van der Waals surface area contributed by atoms with E-state index in [0.29, 0.717) is 0 Å². The van der Waals surface area contributed by atoms with E-state index in [2.05, 4.69) is 335 Å². The molecule has 1 heterocycles. The van der Waals surface area contributed by atoms with Crippen LogP contribution in [0.25, 0.3) is 42.4 Å². The van der Waals surface area contributed by atoms with Crippen molar-refractivity contribution in [3.63, 3.8) is 0 Å². The van der Waals surface area contributed by atoms with Gasteiger partial charge in [-0.05, 0) is 167 Å². The maximum Gasteiger partial charge on any atom is 0.0540 e. The smallest absolute Gasteiger partial charge is 0.0540 e. The summed E-state index contributed by atoms with van der Waals surface area (Å²) >= 11 is 1.82. The largest absolute Gasteiger partial charge is 0.311 e. The average Bonchev–Trinajstić information content (AvgIpc) is 4.02. The van der Waals surface area contributed by atoms with Gasteiger partial charge in [-0.15, -0.1) is 11.3 Å². The zero-order chi connectivity index (χ0) is 51.3. The Morgan fingerprint density at radius 3 is 0.753 bits per heavy atom. The van der Waals surface area contributed by atoms with Gasteiger partial charge in [-0.25, -0.2) is 0 Å². The van der Waals surface area contributed by atoms with Crippen molar-refractivity contribution in [1.82, 2.24) is 0 Å². The Labute approximate surface area is 454 Å². The minimum atomic E-state index is 1.08. The van der Waals surface area contributed by atoms with Gasteiger partial charge in [0.1, 0.15) is 0 Å². The fraction of sp³-hybridized carbons (Fsp3) is 0. The van der Waals surface area contributed by atoms with Gasteiger partial charge in [-0.1, -0.05) is 170 Å². The highest BCUT2D eigenvalue weighted by Gasteiger charge is 2.21. The Balaban J connectivity index is 0.808. The van der Waals surface area contributed by atoms with Crippen molar-refractivity contribution in [2.75, 3.05) is 19.6 Å². The molecule has 12 aromatic carbocycles. The predicted molar refractivity (Wildman–Crippen MR) is 329 cm³/mol. The first kappa shape index (κ1) is 46.8. The van der Waals surface area contributed by atoms with E-state index in [9.17, 15) is 0 Å². The summed E-state index contributed by atoms with van der Waals surface area (Å²) in [7, 11) is 0. The lowest BCUT2D eigenvalue weighted by Gasteiger charge is -2.29. The lowest BCUT2D eigenvalue weighted by molar-refractivity contribution is 1.26. The van der Waals surface area contributed by atoms with E-state index in [-0.39, 0.29) is 0 Å². The van der Waals surface area contributed by atoms with E-state index in [1.807, 2.05) is 11.3 Å². The Morgan fingerprint density at radius 2 is 0.429 bits per heavy atom. The molecule has 0 amide bonds. The molecule has 366 valence electrons. The van der Waals surface area contributed by atoms with Crippen molar-refractivity contribution in [3.8, 4) is 20.9 Å². The molecule has 0 spiro atoms. The van der Waals surface area contributed by atoms with Gasteiger partial charge in [0.2, 0.25) is 0 Å². The standard InChI is InChI=1S/C72H52N4S/c1-5-23-57(24-6-1)73(58-25-7-2-8-26-58)61-43-47-65(48-44-61)75(69-33-17-21-53-19-13-15-31-67(53)69)63-39-35-55(36-40-63)71-51-52-72(77-71)56-37-41-64(42-38-56)76(70-34-18-22-54-20-14-16-32-68(54)70)66-49-45-62(46-50-66)74(59-27-9-3-10-28-59)60-29-11-4-12-30-60/h1-52H. The van der Waals surface area contributed by atoms with Crippen molar-refractivity contribution < 1.29 is 0 Å². The van der Waals surface area contributed by atoms with Crippen LogP contribution in [0.15, 0.2) is 315 Å². The molecule has 13 aromatic rings. The Morgan fingerprint density at radius 1 is 0.182 bits per heavy atom. The van der Waals surface area contributed by atoms with Crippen molar-refractivity contribution in [1.29, 1.82) is 0 Å². The summed E-state index contributed by atoms with van der Waals surface area (Å²) in [6.45, 7) is 0. The van der Waals surface area contributed by atoms with Crippen LogP contribution in [0.5, 0.6) is 0 Å². The first-order chi connectivity index (χ1) is 38.2. The molecule has 0 saturated heterocycles. The molecule has 13 rings (SSSR count). The van der Waals surface area contributed by atoms with Crippen molar-refractivity contribution in [2.24, 2.45) is 0 Å². The van der Waals surface area contributed by atoms with Crippen LogP contribution in [-0.4, -0.2) is 0 Å². The van der Waals surface area contributed by atoms with Gasteiger partial charge in [0.15, 0.2) is 0 Å². The minimum absolute atomic E-state index is 1.08. The molecule has 0 bridgehead atoms. The molecule has 0 radical (unpaired) electrons. The number of nitrogens with zero attached hydrogens (tertiary/aromatic N) is 4. The topological polar surface area (TPSA) is 13.0 Å². The van der Waals surface area contributed by atoms with Crippen LogP contribution < -0.4 is 19.6 Å². The Kier molecular flexibility index (Phi) is 12.8. The number of para-hydroxylation sites is 4. The van der Waals surface area contributed by atoms with E-state index in [1.165, 1.54) is 42.4 Å². The molecule has 0 N–H and O–H groups in total. The first-order valence-electron chi connectivity index (χ1n) is 26.1. The number of anilines is 12. The molecule has 0 fully saturated rings. The van der Waals surface area contributed by atoms with Gasteiger partial charge >= 0.3 is 0 Å². The molecule has 0 saturated carbocycles. The highest BCUT2D eigenvalue weighted by Crippen LogP contribution is 2.45. The molecule has 5 heteroatoms. The molecular weight excluding hydrogens is 953 g/mol. The van der Waals surface area contributed by atoms with Crippen molar-refractivity contribution in [2.45, 2.75) is 0 Å². The third kappa shape index (κ3) is 9.48. The van der Waals surface area contributed by atoms with Crippen LogP contribution >= 0.6 is 11.3 Å². The van der Waals surface area contributed by atoms with Gasteiger partial charge < -0.3 is 19.6 Å². The van der Waals surface area contributed by atoms with Gasteiger partial charge in [-0.2, -0.15) is 0 Å². The maximum absolute atomic E-state index is 2.38. The third-order valence-electron chi connectivity index (χ3n) is 14.2. The highest BCUT2D eigenvalue weighted by atomic mass is 32.1. The zero-order valence-electron chi connectivity index (χ0n) is 42.2. The molecular formula is C72H52N4S. The summed E-state index contributed by atoms with van der Waals surface area (Å²) in [4.78, 5) is 11.8. The molecule has 0 unspecified atom stereocenters. The van der Waals surface area contributed by atoms with Crippen LogP contribution in [0.3, 0.4) is 0 Å². The summed E-state index contributed by atoms with van der Waals surface area (Å²) in [6, 6.07) is 113. The SMILES string of the molecule is c1ccc(N(c2ccccc2)c2ccc(N(c3ccc(-c4ccc(-c5ccc(N(c6ccc(N(c7ccccc7)c7ccccc7)cc6)c6cccc7ccccc67)cc5)s4)cc3)c3cccc4ccccc34)cc2)cc1. The Hall–Kier alpha value is -9.94. The van der Waals surface area contributed by atoms with E-state index >= 15 is 0 Å². The second kappa shape index (κ2) is 21.1. The number of thiophene rings is 1. The number of benzene rings is 12. The highest BCUT2D eigenvalue weighted by molar-refractivity contribution is 7.18. The maximum atomic E-state index is 2.38. The number of rotatable bonds is 14. The van der Waals surface area contributed by atoms with Gasteiger partial charge in [-0.3, -0.25) is 0 Å². The summed E-state index contributed by atoms with van der Waals surface area (Å²) in [5.41, 5.74) is 15.6. The number of hydrogen-bond donors (Lipinski definition) is 0. The van der Waals surface area contributed by atoms with Crippen molar-refractivity contribution >= 4 is 101 Å². The summed E-state index contributed by atoms with van der Waals surface area (Å²) in [5, 5.41) is 4.79. The summed E-state index contributed by atoms with van der Waals surface area (Å²) < 4.78 is 0. The molecule has 77 heavy (non-hydrogen) atoms. The predicted octanol–water partition coefficient (Wildman–Crippen LogP) is 21.3. The van der Waals surface area contributed by atoms with Gasteiger partial charge in [0.05, 0.1) is 11.4 Å².